The van der Waals surface area contributed by atoms with Crippen molar-refractivity contribution in [2.45, 2.75) is 27.7 Å². The van der Waals surface area contributed by atoms with Crippen LogP contribution in [-0.2, 0) is 9.59 Å². The SMILES string of the molecule is COc1cc(/C=C/C(=O)Nc2ccc3c(c2)OCC(C)(C)C(=O)N3CC(C)C)cc(OC)c1OC. The van der Waals surface area contributed by atoms with Crippen LogP contribution in [0.5, 0.6) is 23.0 Å². The van der Waals surface area contributed by atoms with Crippen molar-refractivity contribution in [3.63, 3.8) is 0 Å². The van der Waals surface area contributed by atoms with Gasteiger partial charge in [-0.15, -0.1) is 0 Å². The van der Waals surface area contributed by atoms with Gasteiger partial charge in [0.15, 0.2) is 11.5 Å². The molecule has 3 rings (SSSR count). The third-order valence-electron chi connectivity index (χ3n) is 5.59. The summed E-state index contributed by atoms with van der Waals surface area (Å²) in [7, 11) is 4.61. The summed E-state index contributed by atoms with van der Waals surface area (Å²) in [5, 5.41) is 2.85. The van der Waals surface area contributed by atoms with Gasteiger partial charge < -0.3 is 29.2 Å². The maximum Gasteiger partial charge on any atom is 0.248 e. The number of ether oxygens (including phenoxy) is 4. The highest BCUT2D eigenvalue weighted by molar-refractivity contribution is 6.03. The summed E-state index contributed by atoms with van der Waals surface area (Å²) in [4.78, 5) is 27.5. The number of benzene rings is 2. The summed E-state index contributed by atoms with van der Waals surface area (Å²) in [6.07, 6.45) is 3.08. The first-order valence-electron chi connectivity index (χ1n) is 11.5. The predicted molar refractivity (Wildman–Crippen MR) is 137 cm³/mol. The highest BCUT2D eigenvalue weighted by atomic mass is 16.5. The molecule has 1 N–H and O–H groups in total. The lowest BCUT2D eigenvalue weighted by atomic mass is 9.92. The van der Waals surface area contributed by atoms with Gasteiger partial charge in [0, 0.05) is 24.4 Å². The Bertz CT molecular complexity index is 1100. The van der Waals surface area contributed by atoms with Crippen LogP contribution in [0.25, 0.3) is 6.08 Å². The highest BCUT2D eigenvalue weighted by Crippen LogP contribution is 2.39. The Labute approximate surface area is 206 Å². The van der Waals surface area contributed by atoms with Gasteiger partial charge in [-0.1, -0.05) is 13.8 Å². The molecule has 0 saturated heterocycles. The van der Waals surface area contributed by atoms with E-state index in [0.717, 1.165) is 0 Å². The predicted octanol–water partition coefficient (Wildman–Crippen LogP) is 4.77. The topological polar surface area (TPSA) is 86.3 Å². The van der Waals surface area contributed by atoms with E-state index in [1.54, 1.807) is 35.2 Å². The molecule has 0 bridgehead atoms. The number of hydrogen-bond acceptors (Lipinski definition) is 6. The number of methoxy groups -OCH3 is 3. The number of hydrogen-bond donors (Lipinski definition) is 1. The number of rotatable bonds is 8. The lowest BCUT2D eigenvalue weighted by Gasteiger charge is -2.29. The van der Waals surface area contributed by atoms with Crippen molar-refractivity contribution in [1.29, 1.82) is 0 Å². The molecule has 1 aliphatic heterocycles. The van der Waals surface area contributed by atoms with Crippen LogP contribution in [0.4, 0.5) is 11.4 Å². The van der Waals surface area contributed by atoms with Gasteiger partial charge in [-0.25, -0.2) is 0 Å². The highest BCUT2D eigenvalue weighted by Gasteiger charge is 2.38. The second-order valence-electron chi connectivity index (χ2n) is 9.45. The molecular formula is C27H34N2O6. The summed E-state index contributed by atoms with van der Waals surface area (Å²) in [6.45, 7) is 8.74. The Balaban J connectivity index is 1.81. The Morgan fingerprint density at radius 3 is 2.34 bits per heavy atom. The third kappa shape index (κ3) is 5.88. The molecule has 0 spiro atoms. The smallest absolute Gasteiger partial charge is 0.248 e. The Kier molecular flexibility index (Phi) is 7.94. The standard InChI is InChI=1S/C27H34N2O6/c1-17(2)15-29-20-10-9-19(14-21(20)35-16-27(3,4)26(29)31)28-24(30)11-8-18-12-22(32-5)25(34-7)23(13-18)33-6/h8-14,17H,15-16H2,1-7H3,(H,28,30)/b11-8+. The van der Waals surface area contributed by atoms with Crippen molar-refractivity contribution < 1.29 is 28.5 Å². The van der Waals surface area contributed by atoms with E-state index in [1.807, 2.05) is 19.9 Å². The number of anilines is 2. The molecular weight excluding hydrogens is 448 g/mol. The Morgan fingerprint density at radius 1 is 1.11 bits per heavy atom. The maximum atomic E-state index is 13.1. The van der Waals surface area contributed by atoms with E-state index < -0.39 is 5.41 Å². The minimum absolute atomic E-state index is 0.0232. The van der Waals surface area contributed by atoms with Crippen LogP contribution in [0, 0.1) is 11.3 Å². The van der Waals surface area contributed by atoms with Crippen LogP contribution in [-0.4, -0.2) is 46.3 Å². The number of carbonyl (C=O) groups is 2. The molecule has 2 aromatic rings. The molecule has 0 atom stereocenters. The zero-order valence-corrected chi connectivity index (χ0v) is 21.4. The number of carbonyl (C=O) groups excluding carboxylic acids is 2. The molecule has 1 heterocycles. The molecule has 188 valence electrons. The first-order valence-corrected chi connectivity index (χ1v) is 11.5. The van der Waals surface area contributed by atoms with Crippen LogP contribution < -0.4 is 29.2 Å². The Hall–Kier alpha value is -3.68. The fourth-order valence-corrected chi connectivity index (χ4v) is 3.82. The van der Waals surface area contributed by atoms with Gasteiger partial charge in [-0.05, 0) is 55.7 Å². The molecule has 0 aromatic heterocycles. The summed E-state index contributed by atoms with van der Waals surface area (Å²) in [5.74, 6) is 2.04. The normalized spacial score (nSPS) is 14.9. The zero-order chi connectivity index (χ0) is 25.8. The minimum Gasteiger partial charge on any atom is -0.493 e. The lowest BCUT2D eigenvalue weighted by Crippen LogP contribution is -2.43. The first-order chi connectivity index (χ1) is 16.6. The molecule has 0 unspecified atom stereocenters. The number of amides is 2. The minimum atomic E-state index is -0.652. The third-order valence-corrected chi connectivity index (χ3v) is 5.59. The quantitative estimate of drug-likeness (QED) is 0.546. The van der Waals surface area contributed by atoms with Crippen molar-refractivity contribution in [3.8, 4) is 23.0 Å². The van der Waals surface area contributed by atoms with E-state index in [0.29, 0.717) is 52.4 Å². The summed E-state index contributed by atoms with van der Waals surface area (Å²) in [6, 6.07) is 8.84. The molecule has 35 heavy (non-hydrogen) atoms. The van der Waals surface area contributed by atoms with Crippen LogP contribution in [0.15, 0.2) is 36.4 Å². The van der Waals surface area contributed by atoms with Crippen LogP contribution in [0.3, 0.4) is 0 Å². The van der Waals surface area contributed by atoms with E-state index in [9.17, 15) is 9.59 Å². The molecule has 2 aromatic carbocycles. The summed E-state index contributed by atoms with van der Waals surface area (Å²) < 4.78 is 22.0. The van der Waals surface area contributed by atoms with Crippen molar-refractivity contribution in [2.75, 3.05) is 44.7 Å². The number of fused-ring (bicyclic) bond motifs is 1. The largest absolute Gasteiger partial charge is 0.493 e. The van der Waals surface area contributed by atoms with Gasteiger partial charge in [0.2, 0.25) is 17.6 Å². The van der Waals surface area contributed by atoms with E-state index in [4.69, 9.17) is 18.9 Å². The molecule has 8 nitrogen and oxygen atoms in total. The van der Waals surface area contributed by atoms with Gasteiger partial charge in [0.05, 0.1) is 32.4 Å². The van der Waals surface area contributed by atoms with Crippen molar-refractivity contribution in [1.82, 2.24) is 0 Å². The van der Waals surface area contributed by atoms with Gasteiger partial charge in [0.1, 0.15) is 12.4 Å². The van der Waals surface area contributed by atoms with Crippen LogP contribution in [0.2, 0.25) is 0 Å². The van der Waals surface area contributed by atoms with Crippen molar-refractivity contribution in [3.05, 3.63) is 42.0 Å². The van der Waals surface area contributed by atoms with Gasteiger partial charge in [-0.2, -0.15) is 0 Å². The summed E-state index contributed by atoms with van der Waals surface area (Å²) >= 11 is 0. The van der Waals surface area contributed by atoms with Crippen LogP contribution in [0.1, 0.15) is 33.3 Å². The van der Waals surface area contributed by atoms with Gasteiger partial charge in [0.25, 0.3) is 0 Å². The molecule has 1 aliphatic rings. The van der Waals surface area contributed by atoms with Crippen LogP contribution >= 0.6 is 0 Å². The van der Waals surface area contributed by atoms with Gasteiger partial charge >= 0.3 is 0 Å². The molecule has 2 amide bonds. The first kappa shape index (κ1) is 25.9. The maximum absolute atomic E-state index is 13.1. The van der Waals surface area contributed by atoms with Gasteiger partial charge in [-0.3, -0.25) is 9.59 Å². The molecule has 0 fully saturated rings. The molecule has 0 aliphatic carbocycles. The average molecular weight is 483 g/mol. The zero-order valence-electron chi connectivity index (χ0n) is 21.4. The fraction of sp³-hybridized carbons (Fsp3) is 0.407. The second kappa shape index (κ2) is 10.7. The fourth-order valence-electron chi connectivity index (χ4n) is 3.82. The van der Waals surface area contributed by atoms with E-state index in [-0.39, 0.29) is 18.4 Å². The van der Waals surface area contributed by atoms with Crippen molar-refractivity contribution >= 4 is 29.3 Å². The average Bonchev–Trinajstić information content (AvgIpc) is 2.91. The number of nitrogens with zero attached hydrogens (tertiary/aromatic N) is 1. The second-order valence-corrected chi connectivity index (χ2v) is 9.45. The lowest BCUT2D eigenvalue weighted by molar-refractivity contribution is -0.127. The monoisotopic (exact) mass is 482 g/mol. The van der Waals surface area contributed by atoms with E-state index in [2.05, 4.69) is 19.2 Å². The van der Waals surface area contributed by atoms with E-state index in [1.165, 1.54) is 27.4 Å². The Morgan fingerprint density at radius 2 is 1.77 bits per heavy atom. The molecule has 8 heteroatoms. The number of nitrogens with one attached hydrogen (secondary N) is 1. The summed E-state index contributed by atoms with van der Waals surface area (Å²) in [5.41, 5.74) is 1.34. The van der Waals surface area contributed by atoms with Crippen molar-refractivity contribution in [2.24, 2.45) is 11.3 Å². The molecule has 0 radical (unpaired) electrons. The van der Waals surface area contributed by atoms with E-state index >= 15 is 0 Å². The molecule has 0 saturated carbocycles.